The van der Waals surface area contributed by atoms with Crippen molar-refractivity contribution in [2.24, 2.45) is 0 Å². The van der Waals surface area contributed by atoms with Crippen LogP contribution in [0, 0.1) is 12.3 Å². The molecule has 1 heterocycles. The minimum Gasteiger partial charge on any atom is -0.473 e. The third-order valence-corrected chi connectivity index (χ3v) is 2.73. The van der Waals surface area contributed by atoms with Crippen LogP contribution in [0.4, 0.5) is 0 Å². The molecule has 0 aliphatic rings. The van der Waals surface area contributed by atoms with E-state index in [2.05, 4.69) is 26.9 Å². The van der Waals surface area contributed by atoms with E-state index in [1.165, 1.54) is 6.20 Å². The van der Waals surface area contributed by atoms with E-state index in [0.717, 1.165) is 18.1 Å². The van der Waals surface area contributed by atoms with Gasteiger partial charge in [0.25, 0.3) is 0 Å². The fourth-order valence-electron chi connectivity index (χ4n) is 1.27. The van der Waals surface area contributed by atoms with Gasteiger partial charge in [0.1, 0.15) is 18.9 Å². The van der Waals surface area contributed by atoms with Crippen LogP contribution in [-0.2, 0) is 0 Å². The van der Waals surface area contributed by atoms with Crippen LogP contribution < -0.4 is 10.1 Å². The summed E-state index contributed by atoms with van der Waals surface area (Å²) in [6.45, 7) is 2.71. The molecule has 0 aliphatic heterocycles. The lowest BCUT2D eigenvalue weighted by atomic mass is 10.1. The Labute approximate surface area is 106 Å². The maximum Gasteiger partial charge on any atom is 0.245 e. The molecule has 1 rings (SSSR count). The molecule has 2 atom stereocenters. The van der Waals surface area contributed by atoms with Crippen molar-refractivity contribution in [3.05, 3.63) is 6.20 Å². The van der Waals surface area contributed by atoms with Gasteiger partial charge in [0.2, 0.25) is 5.88 Å². The number of terminal acetylenes is 1. The number of aromatic nitrogens is 2. The number of nitrogens with one attached hydrogen (secondary N) is 1. The number of hydrogen-bond donors (Lipinski definition) is 2. The summed E-state index contributed by atoms with van der Waals surface area (Å²) in [6, 6.07) is 0.246. The van der Waals surface area contributed by atoms with Crippen molar-refractivity contribution in [3.8, 4) is 18.2 Å². The van der Waals surface area contributed by atoms with Crippen LogP contribution in [0.15, 0.2) is 6.20 Å². The summed E-state index contributed by atoms with van der Waals surface area (Å²) in [5.74, 6) is 3.05. The smallest absolute Gasteiger partial charge is 0.245 e. The molecule has 5 nitrogen and oxygen atoms in total. The molecule has 0 aliphatic carbocycles. The molecule has 0 saturated heterocycles. The van der Waals surface area contributed by atoms with Gasteiger partial charge >= 0.3 is 0 Å². The Morgan fingerprint density at radius 1 is 1.71 bits per heavy atom. The summed E-state index contributed by atoms with van der Waals surface area (Å²) in [6.07, 6.45) is 7.79. The Morgan fingerprint density at radius 2 is 2.53 bits per heavy atom. The Balaban J connectivity index is 2.16. The van der Waals surface area contributed by atoms with Gasteiger partial charge in [0.15, 0.2) is 0 Å². The van der Waals surface area contributed by atoms with Crippen molar-refractivity contribution in [3.63, 3.8) is 0 Å². The van der Waals surface area contributed by atoms with Gasteiger partial charge in [-0.25, -0.2) is 0 Å². The number of aliphatic hydroxyl groups is 1. The zero-order valence-electron chi connectivity index (χ0n) is 9.80. The van der Waals surface area contributed by atoms with Gasteiger partial charge in [-0.1, -0.05) is 6.92 Å². The fraction of sp³-hybridized carbons (Fsp3) is 0.636. The molecular formula is C11H17N3O2S. The van der Waals surface area contributed by atoms with E-state index >= 15 is 0 Å². The summed E-state index contributed by atoms with van der Waals surface area (Å²) in [5, 5.41) is 12.9. The first-order chi connectivity index (χ1) is 8.26. The molecule has 0 aromatic carbocycles. The monoisotopic (exact) mass is 255 g/mol. The van der Waals surface area contributed by atoms with Crippen LogP contribution in [0.5, 0.6) is 5.88 Å². The van der Waals surface area contributed by atoms with E-state index in [9.17, 15) is 5.11 Å². The number of hydrogen-bond acceptors (Lipinski definition) is 6. The zero-order valence-corrected chi connectivity index (χ0v) is 10.6. The summed E-state index contributed by atoms with van der Waals surface area (Å²) < 4.78 is 12.9. The van der Waals surface area contributed by atoms with E-state index in [-0.39, 0.29) is 12.6 Å². The first-order valence-electron chi connectivity index (χ1n) is 5.51. The van der Waals surface area contributed by atoms with Crippen LogP contribution in [0.3, 0.4) is 0 Å². The van der Waals surface area contributed by atoms with Gasteiger partial charge in [-0.15, -0.1) is 16.7 Å². The minimum atomic E-state index is -0.580. The maximum absolute atomic E-state index is 9.68. The molecule has 0 saturated carbocycles. The van der Waals surface area contributed by atoms with Crippen LogP contribution in [0.25, 0.3) is 0 Å². The first-order valence-corrected chi connectivity index (χ1v) is 6.24. The average molecular weight is 255 g/mol. The first kappa shape index (κ1) is 13.9. The molecule has 17 heavy (non-hydrogen) atoms. The van der Waals surface area contributed by atoms with Gasteiger partial charge in [-0.2, -0.15) is 4.37 Å². The largest absolute Gasteiger partial charge is 0.473 e. The number of rotatable bonds is 8. The third-order valence-electron chi connectivity index (χ3n) is 2.26. The molecule has 6 heteroatoms. The molecule has 2 unspecified atom stereocenters. The zero-order chi connectivity index (χ0) is 12.5. The van der Waals surface area contributed by atoms with Gasteiger partial charge in [0, 0.05) is 19.0 Å². The Bertz CT molecular complexity index is 337. The topological polar surface area (TPSA) is 67.3 Å². The molecule has 0 amide bonds. The van der Waals surface area contributed by atoms with E-state index in [1.54, 1.807) is 0 Å². The molecule has 0 radical (unpaired) electrons. The Morgan fingerprint density at radius 3 is 3.12 bits per heavy atom. The van der Waals surface area contributed by atoms with Gasteiger partial charge < -0.3 is 15.2 Å². The summed E-state index contributed by atoms with van der Waals surface area (Å²) in [5.41, 5.74) is 0. The third kappa shape index (κ3) is 5.63. The number of aliphatic hydroxyl groups excluding tert-OH is 1. The van der Waals surface area contributed by atoms with E-state index in [0.29, 0.717) is 18.8 Å². The van der Waals surface area contributed by atoms with Crippen molar-refractivity contribution < 1.29 is 9.84 Å². The number of ether oxygens (including phenoxy) is 1. The van der Waals surface area contributed by atoms with Crippen LogP contribution >= 0.6 is 11.7 Å². The molecule has 94 valence electrons. The molecule has 0 fully saturated rings. The highest BCUT2D eigenvalue weighted by molar-refractivity contribution is 6.99. The lowest BCUT2D eigenvalue weighted by Gasteiger charge is -2.17. The second-order valence-electron chi connectivity index (χ2n) is 3.63. The highest BCUT2D eigenvalue weighted by Crippen LogP contribution is 2.05. The highest BCUT2D eigenvalue weighted by Gasteiger charge is 2.09. The predicted molar refractivity (Wildman–Crippen MR) is 66.9 cm³/mol. The van der Waals surface area contributed by atoms with Crippen LogP contribution in [0.1, 0.15) is 19.8 Å². The predicted octanol–water partition coefficient (Wildman–Crippen LogP) is 0.669. The second kappa shape index (κ2) is 8.01. The van der Waals surface area contributed by atoms with E-state index in [1.807, 2.05) is 0 Å². The normalized spacial score (nSPS) is 13.9. The van der Waals surface area contributed by atoms with Crippen molar-refractivity contribution in [1.82, 2.24) is 14.1 Å². The molecule has 0 spiro atoms. The Kier molecular flexibility index (Phi) is 6.55. The second-order valence-corrected chi connectivity index (χ2v) is 4.19. The van der Waals surface area contributed by atoms with Crippen molar-refractivity contribution in [1.29, 1.82) is 0 Å². The van der Waals surface area contributed by atoms with Crippen LogP contribution in [0.2, 0.25) is 0 Å². The van der Waals surface area contributed by atoms with Gasteiger partial charge in [0.05, 0.1) is 11.7 Å². The van der Waals surface area contributed by atoms with E-state index < -0.39 is 6.10 Å². The molecule has 2 N–H and O–H groups in total. The lowest BCUT2D eigenvalue weighted by Crippen LogP contribution is -2.37. The SMILES string of the molecule is C#CCC(CC)NCC(O)COc1cnsn1. The minimum absolute atomic E-state index is 0.199. The molecule has 1 aromatic heterocycles. The van der Waals surface area contributed by atoms with Crippen LogP contribution in [-0.4, -0.2) is 39.2 Å². The Hall–Kier alpha value is -1.16. The summed E-state index contributed by atoms with van der Waals surface area (Å²) in [7, 11) is 0. The standard InChI is InChI=1S/C11H17N3O2S/c1-3-5-9(4-2)12-6-10(15)8-16-11-7-13-17-14-11/h1,7,9-10,12,15H,4-6,8H2,2H3. The maximum atomic E-state index is 9.68. The average Bonchev–Trinajstić information content (AvgIpc) is 2.85. The van der Waals surface area contributed by atoms with Crippen molar-refractivity contribution >= 4 is 11.7 Å². The summed E-state index contributed by atoms with van der Waals surface area (Å²) >= 11 is 1.08. The molecule has 1 aromatic rings. The molecule has 0 bridgehead atoms. The fourth-order valence-corrected chi connectivity index (χ4v) is 1.63. The lowest BCUT2D eigenvalue weighted by molar-refractivity contribution is 0.101. The molecular weight excluding hydrogens is 238 g/mol. The van der Waals surface area contributed by atoms with Crippen molar-refractivity contribution in [2.45, 2.75) is 31.9 Å². The number of nitrogens with zero attached hydrogens (tertiary/aromatic N) is 2. The van der Waals surface area contributed by atoms with Gasteiger partial charge in [-0.05, 0) is 6.42 Å². The van der Waals surface area contributed by atoms with Crippen molar-refractivity contribution in [2.75, 3.05) is 13.2 Å². The van der Waals surface area contributed by atoms with E-state index in [4.69, 9.17) is 11.2 Å². The highest BCUT2D eigenvalue weighted by atomic mass is 32.1. The summed E-state index contributed by atoms with van der Waals surface area (Å²) in [4.78, 5) is 0. The van der Waals surface area contributed by atoms with Gasteiger partial charge in [-0.3, -0.25) is 0 Å². The quantitative estimate of drug-likeness (QED) is 0.668.